The monoisotopic (exact) mass is 222 g/mol. The van der Waals surface area contributed by atoms with Gasteiger partial charge in [-0.15, -0.1) is 0 Å². The number of hydrogen-bond donors (Lipinski definition) is 2. The molecule has 2 rings (SSSR count). The zero-order valence-corrected chi connectivity index (χ0v) is 8.86. The van der Waals surface area contributed by atoms with Gasteiger partial charge in [-0.2, -0.15) is 0 Å². The normalized spacial score (nSPS) is 20.4. The third-order valence-corrected chi connectivity index (χ3v) is 2.51. The lowest BCUT2D eigenvalue weighted by molar-refractivity contribution is 0.0622. The molecule has 1 aromatic heterocycles. The smallest absolute Gasteiger partial charge is 0.268 e. The molecular formula is C11H14N2O3. The number of amides is 1. The van der Waals surface area contributed by atoms with Crippen molar-refractivity contribution in [2.24, 2.45) is 0 Å². The first-order valence-electron chi connectivity index (χ1n) is 5.33. The summed E-state index contributed by atoms with van der Waals surface area (Å²) in [7, 11) is 0. The molecule has 5 nitrogen and oxygen atoms in total. The lowest BCUT2D eigenvalue weighted by Crippen LogP contribution is -2.41. The Kier molecular flexibility index (Phi) is 3.36. The van der Waals surface area contributed by atoms with Gasteiger partial charge in [-0.25, -0.2) is 0 Å². The maximum atomic E-state index is 11.7. The van der Waals surface area contributed by atoms with Crippen LogP contribution in [0.3, 0.4) is 0 Å². The summed E-state index contributed by atoms with van der Waals surface area (Å²) in [5.74, 6) is -0.256. The minimum Gasteiger partial charge on any atom is -0.379 e. The first-order valence-corrected chi connectivity index (χ1v) is 5.33. The van der Waals surface area contributed by atoms with Crippen molar-refractivity contribution >= 4 is 5.91 Å². The fourth-order valence-corrected chi connectivity index (χ4v) is 1.70. The summed E-state index contributed by atoms with van der Waals surface area (Å²) < 4.78 is 5.26. The minimum atomic E-state index is -0.271. The summed E-state index contributed by atoms with van der Waals surface area (Å²) in [6.45, 7) is 1.30. The van der Waals surface area contributed by atoms with Crippen molar-refractivity contribution in [3.05, 3.63) is 34.2 Å². The highest BCUT2D eigenvalue weighted by molar-refractivity contribution is 5.92. The Labute approximate surface area is 92.8 Å². The Hall–Kier alpha value is -1.62. The number of ether oxygens (including phenoxy) is 1. The first-order chi connectivity index (χ1) is 7.75. The van der Waals surface area contributed by atoms with Gasteiger partial charge in [0, 0.05) is 12.7 Å². The van der Waals surface area contributed by atoms with Crippen LogP contribution in [-0.4, -0.2) is 30.1 Å². The van der Waals surface area contributed by atoms with Crippen LogP contribution >= 0.6 is 0 Å². The van der Waals surface area contributed by atoms with Crippen LogP contribution in [0.25, 0.3) is 0 Å². The Balaban J connectivity index is 1.99. The maximum absolute atomic E-state index is 11.7. The summed E-state index contributed by atoms with van der Waals surface area (Å²) in [6, 6.07) is 4.57. The molecule has 1 aromatic rings. The van der Waals surface area contributed by atoms with E-state index in [4.69, 9.17) is 4.74 Å². The van der Waals surface area contributed by atoms with Gasteiger partial charge in [0.2, 0.25) is 5.56 Å². The van der Waals surface area contributed by atoms with E-state index >= 15 is 0 Å². The molecule has 86 valence electrons. The molecule has 1 atom stereocenters. The third kappa shape index (κ3) is 2.70. The average molecular weight is 222 g/mol. The fraction of sp³-hybridized carbons (Fsp3) is 0.455. The van der Waals surface area contributed by atoms with Crippen LogP contribution in [0, 0.1) is 0 Å². The van der Waals surface area contributed by atoms with Crippen LogP contribution in [0.4, 0.5) is 0 Å². The summed E-state index contributed by atoms with van der Waals surface area (Å²) in [5, 5.41) is 2.83. The molecule has 2 heterocycles. The van der Waals surface area contributed by atoms with E-state index in [0.717, 1.165) is 19.4 Å². The number of nitrogens with one attached hydrogen (secondary N) is 2. The van der Waals surface area contributed by atoms with Gasteiger partial charge in [0.15, 0.2) is 0 Å². The van der Waals surface area contributed by atoms with E-state index in [0.29, 0.717) is 6.61 Å². The topological polar surface area (TPSA) is 71.2 Å². The third-order valence-electron chi connectivity index (χ3n) is 2.51. The number of aromatic amines is 1. The number of carbonyl (C=O) groups is 1. The van der Waals surface area contributed by atoms with Crippen molar-refractivity contribution in [2.45, 2.75) is 18.9 Å². The van der Waals surface area contributed by atoms with Crippen molar-refractivity contribution in [3.63, 3.8) is 0 Å². The number of pyridine rings is 1. The minimum absolute atomic E-state index is 0.0463. The van der Waals surface area contributed by atoms with Gasteiger partial charge in [-0.1, -0.05) is 6.07 Å². The van der Waals surface area contributed by atoms with E-state index in [1.54, 1.807) is 12.1 Å². The van der Waals surface area contributed by atoms with Crippen molar-refractivity contribution < 1.29 is 9.53 Å². The van der Waals surface area contributed by atoms with Gasteiger partial charge in [-0.3, -0.25) is 9.59 Å². The molecule has 0 spiro atoms. The molecule has 0 bridgehead atoms. The van der Waals surface area contributed by atoms with E-state index in [1.165, 1.54) is 6.07 Å². The lowest BCUT2D eigenvalue weighted by Gasteiger charge is -2.22. The van der Waals surface area contributed by atoms with E-state index in [1.807, 2.05) is 0 Å². The predicted octanol–water partition coefficient (Wildman–Crippen LogP) is 0.284. The molecule has 0 saturated carbocycles. The van der Waals surface area contributed by atoms with Gasteiger partial charge in [-0.05, 0) is 18.9 Å². The summed E-state index contributed by atoms with van der Waals surface area (Å²) in [4.78, 5) is 25.2. The van der Waals surface area contributed by atoms with E-state index in [-0.39, 0.29) is 23.2 Å². The van der Waals surface area contributed by atoms with Crippen molar-refractivity contribution in [3.8, 4) is 0 Å². The van der Waals surface area contributed by atoms with Crippen LogP contribution < -0.4 is 10.9 Å². The van der Waals surface area contributed by atoms with Gasteiger partial charge in [0.25, 0.3) is 5.91 Å². The largest absolute Gasteiger partial charge is 0.379 e. The second kappa shape index (κ2) is 4.94. The Morgan fingerprint density at radius 2 is 2.38 bits per heavy atom. The van der Waals surface area contributed by atoms with Crippen molar-refractivity contribution in [2.75, 3.05) is 13.2 Å². The number of carbonyl (C=O) groups excluding carboxylic acids is 1. The summed E-state index contributed by atoms with van der Waals surface area (Å²) in [6.07, 6.45) is 1.87. The number of hydrogen-bond acceptors (Lipinski definition) is 3. The zero-order chi connectivity index (χ0) is 11.4. The molecule has 16 heavy (non-hydrogen) atoms. The first kappa shape index (κ1) is 10.9. The molecule has 0 radical (unpaired) electrons. The Morgan fingerprint density at radius 3 is 3.06 bits per heavy atom. The molecule has 1 amide bonds. The molecule has 1 fully saturated rings. The number of rotatable bonds is 2. The summed E-state index contributed by atoms with van der Waals surface area (Å²) >= 11 is 0. The van der Waals surface area contributed by atoms with Gasteiger partial charge >= 0.3 is 0 Å². The molecule has 0 aliphatic carbocycles. The fourth-order valence-electron chi connectivity index (χ4n) is 1.70. The molecule has 0 aromatic carbocycles. The zero-order valence-electron chi connectivity index (χ0n) is 8.86. The van der Waals surface area contributed by atoms with Crippen molar-refractivity contribution in [1.82, 2.24) is 10.3 Å². The van der Waals surface area contributed by atoms with Gasteiger partial charge in [0.1, 0.15) is 5.69 Å². The molecule has 1 saturated heterocycles. The van der Waals surface area contributed by atoms with Gasteiger partial charge < -0.3 is 15.0 Å². The molecule has 1 aliphatic rings. The summed E-state index contributed by atoms with van der Waals surface area (Å²) in [5.41, 5.74) is 0.0191. The quantitative estimate of drug-likeness (QED) is 0.755. The number of H-pyrrole nitrogens is 1. The average Bonchev–Trinajstić information content (AvgIpc) is 2.30. The van der Waals surface area contributed by atoms with Crippen molar-refractivity contribution in [1.29, 1.82) is 0 Å². The molecular weight excluding hydrogens is 208 g/mol. The Bertz CT molecular complexity index is 421. The second-order valence-corrected chi connectivity index (χ2v) is 3.82. The number of aromatic nitrogens is 1. The highest BCUT2D eigenvalue weighted by Crippen LogP contribution is 2.06. The highest BCUT2D eigenvalue weighted by atomic mass is 16.5. The van der Waals surface area contributed by atoms with Gasteiger partial charge in [0.05, 0.1) is 12.6 Å². The standard InChI is InChI=1S/C11H14N2O3/c14-10-5-1-4-9(13-10)11(15)12-8-3-2-6-16-7-8/h1,4-5,8H,2-3,6-7H2,(H,12,15)(H,13,14). The van der Waals surface area contributed by atoms with Crippen LogP contribution in [0.1, 0.15) is 23.3 Å². The lowest BCUT2D eigenvalue weighted by atomic mass is 10.1. The molecule has 5 heteroatoms. The Morgan fingerprint density at radius 1 is 1.50 bits per heavy atom. The van der Waals surface area contributed by atoms with E-state index < -0.39 is 0 Å². The van der Waals surface area contributed by atoms with Crippen LogP contribution in [0.5, 0.6) is 0 Å². The van der Waals surface area contributed by atoms with Crippen LogP contribution in [0.15, 0.2) is 23.0 Å². The van der Waals surface area contributed by atoms with E-state index in [2.05, 4.69) is 10.3 Å². The highest BCUT2D eigenvalue weighted by Gasteiger charge is 2.17. The molecule has 2 N–H and O–H groups in total. The molecule has 1 aliphatic heterocycles. The van der Waals surface area contributed by atoms with Crippen LogP contribution in [-0.2, 0) is 4.74 Å². The SMILES string of the molecule is O=C(NC1CCCOC1)c1cccc(=O)[nH]1. The second-order valence-electron chi connectivity index (χ2n) is 3.82. The maximum Gasteiger partial charge on any atom is 0.268 e. The predicted molar refractivity (Wildman–Crippen MR) is 58.4 cm³/mol. The van der Waals surface area contributed by atoms with Crippen LogP contribution in [0.2, 0.25) is 0 Å². The molecule has 1 unspecified atom stereocenters. The van der Waals surface area contributed by atoms with E-state index in [9.17, 15) is 9.59 Å².